The van der Waals surface area contributed by atoms with Gasteiger partial charge in [-0.25, -0.2) is 4.39 Å². The molecule has 1 unspecified atom stereocenters. The summed E-state index contributed by atoms with van der Waals surface area (Å²) in [6.07, 6.45) is 1.60. The van der Waals surface area contributed by atoms with Crippen LogP contribution in [0.15, 0.2) is 18.2 Å². The number of nitrogen functional groups attached to an aromatic ring is 1. The van der Waals surface area contributed by atoms with E-state index in [-0.39, 0.29) is 11.9 Å². The van der Waals surface area contributed by atoms with Crippen molar-refractivity contribution < 1.29 is 9.18 Å². The number of benzene rings is 1. The standard InChI is InChI=1S/C12H16FN3O/c13-10-6-9(2-3-11(10)14)7-16-5-1-4-15-12(16)8-17/h2-3,6,8,12,15H,1,4-5,7,14H2. The highest BCUT2D eigenvalue weighted by atomic mass is 19.1. The third-order valence-corrected chi connectivity index (χ3v) is 2.95. The molecule has 0 aliphatic carbocycles. The summed E-state index contributed by atoms with van der Waals surface area (Å²) < 4.78 is 13.3. The monoisotopic (exact) mass is 237 g/mol. The molecule has 0 radical (unpaired) electrons. The average molecular weight is 237 g/mol. The molecule has 17 heavy (non-hydrogen) atoms. The predicted molar refractivity (Wildman–Crippen MR) is 63.7 cm³/mol. The summed E-state index contributed by atoms with van der Waals surface area (Å²) in [6, 6.07) is 4.76. The number of hydrogen-bond acceptors (Lipinski definition) is 4. The van der Waals surface area contributed by atoms with Crippen molar-refractivity contribution in [2.45, 2.75) is 19.1 Å². The maximum atomic E-state index is 13.3. The smallest absolute Gasteiger partial charge is 0.151 e. The van der Waals surface area contributed by atoms with E-state index in [9.17, 15) is 9.18 Å². The lowest BCUT2D eigenvalue weighted by Crippen LogP contribution is -2.51. The molecule has 5 heteroatoms. The SMILES string of the molecule is Nc1ccc(CN2CCCNC2C=O)cc1F. The van der Waals surface area contributed by atoms with Crippen molar-refractivity contribution in [1.29, 1.82) is 0 Å². The van der Waals surface area contributed by atoms with E-state index in [0.29, 0.717) is 6.54 Å². The lowest BCUT2D eigenvalue weighted by Gasteiger charge is -2.33. The van der Waals surface area contributed by atoms with E-state index in [1.807, 2.05) is 4.90 Å². The van der Waals surface area contributed by atoms with Crippen molar-refractivity contribution in [3.8, 4) is 0 Å². The Kier molecular flexibility index (Phi) is 3.71. The van der Waals surface area contributed by atoms with Gasteiger partial charge in [0.1, 0.15) is 12.0 Å². The highest BCUT2D eigenvalue weighted by Crippen LogP contribution is 2.15. The number of carbonyl (C=O) groups excluding carboxylic acids is 1. The van der Waals surface area contributed by atoms with Crippen LogP contribution in [-0.2, 0) is 11.3 Å². The molecule has 1 saturated heterocycles. The number of halogens is 1. The first-order valence-electron chi connectivity index (χ1n) is 5.67. The van der Waals surface area contributed by atoms with Crippen molar-refractivity contribution in [2.75, 3.05) is 18.8 Å². The molecule has 1 aromatic rings. The summed E-state index contributed by atoms with van der Waals surface area (Å²) in [5.74, 6) is -0.407. The number of nitrogens with two attached hydrogens (primary N) is 1. The zero-order chi connectivity index (χ0) is 12.3. The Morgan fingerprint density at radius 3 is 3.12 bits per heavy atom. The molecule has 0 bridgehead atoms. The molecule has 0 amide bonds. The predicted octanol–water partition coefficient (Wildman–Crippen LogP) is 0.728. The van der Waals surface area contributed by atoms with E-state index in [1.54, 1.807) is 12.1 Å². The average Bonchev–Trinajstić information content (AvgIpc) is 2.34. The Hall–Kier alpha value is -1.46. The molecule has 1 heterocycles. The Morgan fingerprint density at radius 1 is 1.59 bits per heavy atom. The minimum atomic E-state index is -0.407. The zero-order valence-corrected chi connectivity index (χ0v) is 9.53. The highest BCUT2D eigenvalue weighted by molar-refractivity contribution is 5.57. The summed E-state index contributed by atoms with van der Waals surface area (Å²) in [5.41, 5.74) is 6.39. The third kappa shape index (κ3) is 2.81. The van der Waals surface area contributed by atoms with Crippen LogP contribution < -0.4 is 11.1 Å². The third-order valence-electron chi connectivity index (χ3n) is 2.95. The molecule has 0 aromatic heterocycles. The molecule has 1 atom stereocenters. The molecule has 1 fully saturated rings. The molecule has 0 spiro atoms. The topological polar surface area (TPSA) is 58.4 Å². The molecular formula is C12H16FN3O. The van der Waals surface area contributed by atoms with Gasteiger partial charge in [0, 0.05) is 13.1 Å². The van der Waals surface area contributed by atoms with Gasteiger partial charge in [-0.1, -0.05) is 6.07 Å². The van der Waals surface area contributed by atoms with Crippen LogP contribution in [0.25, 0.3) is 0 Å². The Bertz CT molecular complexity index is 411. The molecule has 1 aliphatic heterocycles. The highest BCUT2D eigenvalue weighted by Gasteiger charge is 2.21. The molecule has 1 aromatic carbocycles. The van der Waals surface area contributed by atoms with Gasteiger partial charge in [-0.15, -0.1) is 0 Å². The van der Waals surface area contributed by atoms with Gasteiger partial charge in [0.25, 0.3) is 0 Å². The maximum absolute atomic E-state index is 13.3. The fourth-order valence-corrected chi connectivity index (χ4v) is 2.02. The second-order valence-electron chi connectivity index (χ2n) is 4.21. The van der Waals surface area contributed by atoms with Gasteiger partial charge in [-0.05, 0) is 30.7 Å². The van der Waals surface area contributed by atoms with Crippen LogP contribution >= 0.6 is 0 Å². The van der Waals surface area contributed by atoms with Gasteiger partial charge < -0.3 is 10.5 Å². The normalized spacial score (nSPS) is 21.4. The van der Waals surface area contributed by atoms with Crippen LogP contribution in [0.1, 0.15) is 12.0 Å². The summed E-state index contributed by atoms with van der Waals surface area (Å²) >= 11 is 0. The van der Waals surface area contributed by atoms with E-state index in [1.165, 1.54) is 6.07 Å². The fraction of sp³-hybridized carbons (Fsp3) is 0.417. The van der Waals surface area contributed by atoms with Gasteiger partial charge in [-0.2, -0.15) is 0 Å². The zero-order valence-electron chi connectivity index (χ0n) is 9.53. The second-order valence-corrected chi connectivity index (χ2v) is 4.21. The van der Waals surface area contributed by atoms with Crippen LogP contribution in [0.4, 0.5) is 10.1 Å². The van der Waals surface area contributed by atoms with Crippen molar-refractivity contribution >= 4 is 12.0 Å². The van der Waals surface area contributed by atoms with Crippen LogP contribution in [-0.4, -0.2) is 30.4 Å². The number of aldehydes is 1. The van der Waals surface area contributed by atoms with Crippen LogP contribution in [0.3, 0.4) is 0 Å². The van der Waals surface area contributed by atoms with Crippen LogP contribution in [0.5, 0.6) is 0 Å². The summed E-state index contributed by atoms with van der Waals surface area (Å²) in [5, 5.41) is 3.10. The number of rotatable bonds is 3. The minimum absolute atomic E-state index is 0.150. The lowest BCUT2D eigenvalue weighted by molar-refractivity contribution is -0.114. The van der Waals surface area contributed by atoms with E-state index >= 15 is 0 Å². The Labute approximate surface area is 99.6 Å². The summed E-state index contributed by atoms with van der Waals surface area (Å²) in [7, 11) is 0. The molecule has 1 aliphatic rings. The fourth-order valence-electron chi connectivity index (χ4n) is 2.02. The molecule has 3 N–H and O–H groups in total. The first-order chi connectivity index (χ1) is 8.20. The molecular weight excluding hydrogens is 221 g/mol. The van der Waals surface area contributed by atoms with Crippen molar-refractivity contribution in [2.24, 2.45) is 0 Å². The van der Waals surface area contributed by atoms with E-state index in [0.717, 1.165) is 31.4 Å². The van der Waals surface area contributed by atoms with Gasteiger partial charge in [-0.3, -0.25) is 10.2 Å². The van der Waals surface area contributed by atoms with Gasteiger partial charge in [0.05, 0.1) is 5.69 Å². The Morgan fingerprint density at radius 2 is 2.41 bits per heavy atom. The molecule has 92 valence electrons. The second kappa shape index (κ2) is 5.25. The van der Waals surface area contributed by atoms with Gasteiger partial charge >= 0.3 is 0 Å². The summed E-state index contributed by atoms with van der Waals surface area (Å²) in [6.45, 7) is 2.23. The Balaban J connectivity index is 2.08. The quantitative estimate of drug-likeness (QED) is 0.601. The number of carbonyl (C=O) groups is 1. The van der Waals surface area contributed by atoms with E-state index in [4.69, 9.17) is 5.73 Å². The van der Waals surface area contributed by atoms with Crippen LogP contribution in [0, 0.1) is 5.82 Å². The number of anilines is 1. The number of nitrogens with zero attached hydrogens (tertiary/aromatic N) is 1. The first-order valence-corrected chi connectivity index (χ1v) is 5.67. The minimum Gasteiger partial charge on any atom is -0.396 e. The van der Waals surface area contributed by atoms with Crippen LogP contribution in [0.2, 0.25) is 0 Å². The van der Waals surface area contributed by atoms with Gasteiger partial charge in [0.2, 0.25) is 0 Å². The lowest BCUT2D eigenvalue weighted by atomic mass is 10.1. The number of nitrogens with one attached hydrogen (secondary N) is 1. The molecule has 0 saturated carbocycles. The van der Waals surface area contributed by atoms with Crippen molar-refractivity contribution in [3.05, 3.63) is 29.6 Å². The molecule has 2 rings (SSSR count). The summed E-state index contributed by atoms with van der Waals surface area (Å²) in [4.78, 5) is 12.9. The van der Waals surface area contributed by atoms with Gasteiger partial charge in [0.15, 0.2) is 6.29 Å². The molecule has 4 nitrogen and oxygen atoms in total. The maximum Gasteiger partial charge on any atom is 0.151 e. The van der Waals surface area contributed by atoms with Crippen molar-refractivity contribution in [3.63, 3.8) is 0 Å². The number of hydrogen-bond donors (Lipinski definition) is 2. The van der Waals surface area contributed by atoms with Crippen molar-refractivity contribution in [1.82, 2.24) is 10.2 Å². The van der Waals surface area contributed by atoms with E-state index in [2.05, 4.69) is 5.32 Å². The first kappa shape index (κ1) is 12.0. The largest absolute Gasteiger partial charge is 0.396 e. The van der Waals surface area contributed by atoms with E-state index < -0.39 is 5.82 Å².